The van der Waals surface area contributed by atoms with Crippen molar-refractivity contribution in [2.45, 2.75) is 19.4 Å². The molecule has 0 aromatic heterocycles. The smallest absolute Gasteiger partial charge is 0.269 e. The molecule has 0 bridgehead atoms. The molecule has 0 spiro atoms. The second-order valence-electron chi connectivity index (χ2n) is 7.84. The van der Waals surface area contributed by atoms with E-state index >= 15 is 0 Å². The summed E-state index contributed by atoms with van der Waals surface area (Å²) in [5.74, 6) is -1.38. The number of thiocarbonyl (C=S) groups is 1. The van der Waals surface area contributed by atoms with Crippen LogP contribution in [0.3, 0.4) is 0 Å². The standard InChI is InChI=1S/C26H23FN4O4S/c1-2-35-21-10-6-9-19(15-21)28-23(32)16-22-25(34)30(20-13-11-18(27)12-14-20)26(36)31(22)29-24(33)17-7-4-3-5-8-17/h3-15,22H,2,16H2,1H3,(H,28,32)(H,29,33)/t22-/m0/s1. The summed E-state index contributed by atoms with van der Waals surface area (Å²) in [6.07, 6.45) is -0.301. The van der Waals surface area contributed by atoms with Crippen molar-refractivity contribution in [3.05, 3.63) is 90.2 Å². The Kier molecular flexibility index (Phi) is 7.55. The van der Waals surface area contributed by atoms with Crippen LogP contribution in [0.4, 0.5) is 15.8 Å². The minimum absolute atomic E-state index is 0.0352. The van der Waals surface area contributed by atoms with Crippen molar-refractivity contribution >= 4 is 46.4 Å². The second-order valence-corrected chi connectivity index (χ2v) is 8.20. The maximum atomic E-state index is 13.5. The van der Waals surface area contributed by atoms with Crippen molar-refractivity contribution in [1.29, 1.82) is 0 Å². The lowest BCUT2D eigenvalue weighted by Gasteiger charge is -2.24. The Bertz CT molecular complexity index is 1290. The predicted molar refractivity (Wildman–Crippen MR) is 137 cm³/mol. The number of carbonyl (C=O) groups excluding carboxylic acids is 3. The molecule has 0 saturated carbocycles. The molecule has 1 aliphatic heterocycles. The monoisotopic (exact) mass is 506 g/mol. The van der Waals surface area contributed by atoms with Crippen LogP contribution in [0, 0.1) is 5.82 Å². The Labute approximate surface area is 212 Å². The van der Waals surface area contributed by atoms with Crippen LogP contribution < -0.4 is 20.4 Å². The zero-order valence-electron chi connectivity index (χ0n) is 19.3. The van der Waals surface area contributed by atoms with Crippen molar-refractivity contribution in [2.24, 2.45) is 0 Å². The maximum absolute atomic E-state index is 13.5. The van der Waals surface area contributed by atoms with Gasteiger partial charge in [0, 0.05) is 17.3 Å². The van der Waals surface area contributed by atoms with Gasteiger partial charge in [-0.05, 0) is 67.7 Å². The molecule has 4 rings (SSSR count). The van der Waals surface area contributed by atoms with Gasteiger partial charge in [-0.1, -0.05) is 24.3 Å². The van der Waals surface area contributed by atoms with E-state index in [1.807, 2.05) is 6.92 Å². The van der Waals surface area contributed by atoms with Crippen LogP contribution in [0.1, 0.15) is 23.7 Å². The van der Waals surface area contributed by atoms with E-state index < -0.39 is 29.6 Å². The molecular formula is C26H23FN4O4S. The molecule has 0 unspecified atom stereocenters. The number of nitrogens with zero attached hydrogens (tertiary/aromatic N) is 2. The molecule has 1 heterocycles. The molecule has 0 radical (unpaired) electrons. The average molecular weight is 507 g/mol. The zero-order valence-corrected chi connectivity index (χ0v) is 20.1. The molecule has 0 aliphatic carbocycles. The quantitative estimate of drug-likeness (QED) is 0.451. The van der Waals surface area contributed by atoms with Gasteiger partial charge >= 0.3 is 0 Å². The summed E-state index contributed by atoms with van der Waals surface area (Å²) in [7, 11) is 0. The molecule has 1 aliphatic rings. The molecule has 3 aromatic rings. The van der Waals surface area contributed by atoms with Gasteiger partial charge in [0.2, 0.25) is 11.0 Å². The van der Waals surface area contributed by atoms with Crippen molar-refractivity contribution in [2.75, 3.05) is 16.8 Å². The first-order chi connectivity index (χ1) is 17.4. The van der Waals surface area contributed by atoms with Crippen LogP contribution >= 0.6 is 12.2 Å². The molecule has 3 aromatic carbocycles. The van der Waals surface area contributed by atoms with Crippen LogP contribution in [0.25, 0.3) is 0 Å². The Hall–Kier alpha value is -4.31. The van der Waals surface area contributed by atoms with Crippen LogP contribution in [-0.2, 0) is 9.59 Å². The Balaban J connectivity index is 1.58. The fourth-order valence-electron chi connectivity index (χ4n) is 3.71. The van der Waals surface area contributed by atoms with Gasteiger partial charge in [-0.25, -0.2) is 9.40 Å². The molecule has 1 fully saturated rings. The van der Waals surface area contributed by atoms with E-state index in [-0.39, 0.29) is 11.5 Å². The molecule has 1 atom stereocenters. The van der Waals surface area contributed by atoms with Gasteiger partial charge in [-0.2, -0.15) is 0 Å². The number of rotatable bonds is 8. The molecule has 1 saturated heterocycles. The molecule has 8 nitrogen and oxygen atoms in total. The Morgan fingerprint density at radius 2 is 1.75 bits per heavy atom. The van der Waals surface area contributed by atoms with Crippen LogP contribution in [-0.4, -0.2) is 40.5 Å². The highest BCUT2D eigenvalue weighted by atomic mass is 32.1. The summed E-state index contributed by atoms with van der Waals surface area (Å²) >= 11 is 5.50. The third-order valence-electron chi connectivity index (χ3n) is 5.36. The molecule has 184 valence electrons. The summed E-state index contributed by atoms with van der Waals surface area (Å²) < 4.78 is 18.9. The van der Waals surface area contributed by atoms with E-state index in [1.165, 1.54) is 34.2 Å². The highest BCUT2D eigenvalue weighted by Crippen LogP contribution is 2.27. The van der Waals surface area contributed by atoms with Crippen molar-refractivity contribution in [3.8, 4) is 5.75 Å². The van der Waals surface area contributed by atoms with E-state index in [1.54, 1.807) is 54.6 Å². The number of carbonyl (C=O) groups is 3. The van der Waals surface area contributed by atoms with E-state index in [0.717, 1.165) is 0 Å². The molecule has 10 heteroatoms. The highest BCUT2D eigenvalue weighted by molar-refractivity contribution is 7.80. The van der Waals surface area contributed by atoms with Crippen molar-refractivity contribution in [1.82, 2.24) is 10.4 Å². The lowest BCUT2D eigenvalue weighted by molar-refractivity contribution is -0.124. The third-order valence-corrected chi connectivity index (χ3v) is 5.74. The lowest BCUT2D eigenvalue weighted by Crippen LogP contribution is -2.49. The number of hydrazine groups is 1. The second kappa shape index (κ2) is 11.0. The Morgan fingerprint density at radius 3 is 2.44 bits per heavy atom. The third kappa shape index (κ3) is 5.49. The van der Waals surface area contributed by atoms with Crippen LogP contribution in [0.15, 0.2) is 78.9 Å². The average Bonchev–Trinajstić information content (AvgIpc) is 3.09. The molecular weight excluding hydrogens is 483 g/mol. The largest absolute Gasteiger partial charge is 0.494 e. The van der Waals surface area contributed by atoms with Crippen molar-refractivity contribution < 1.29 is 23.5 Å². The van der Waals surface area contributed by atoms with Gasteiger partial charge in [-0.3, -0.25) is 24.7 Å². The first-order valence-corrected chi connectivity index (χ1v) is 11.6. The minimum atomic E-state index is -1.12. The van der Waals surface area contributed by atoms with E-state index in [9.17, 15) is 18.8 Å². The summed E-state index contributed by atoms with van der Waals surface area (Å²) in [5.41, 5.74) is 3.81. The van der Waals surface area contributed by atoms with Gasteiger partial charge in [0.25, 0.3) is 11.8 Å². The van der Waals surface area contributed by atoms with Crippen molar-refractivity contribution in [3.63, 3.8) is 0 Å². The topological polar surface area (TPSA) is 91.0 Å². The fourth-order valence-corrected chi connectivity index (χ4v) is 4.08. The summed E-state index contributed by atoms with van der Waals surface area (Å²) in [6, 6.07) is 19.3. The first-order valence-electron chi connectivity index (χ1n) is 11.2. The van der Waals surface area contributed by atoms with Gasteiger partial charge in [0.05, 0.1) is 18.7 Å². The summed E-state index contributed by atoms with van der Waals surface area (Å²) in [4.78, 5) is 40.4. The molecule has 2 N–H and O–H groups in total. The van der Waals surface area contributed by atoms with Gasteiger partial charge in [-0.15, -0.1) is 0 Å². The fraction of sp³-hybridized carbons (Fsp3) is 0.154. The van der Waals surface area contributed by atoms with Crippen LogP contribution in [0.5, 0.6) is 5.75 Å². The van der Waals surface area contributed by atoms with Gasteiger partial charge in [0.15, 0.2) is 0 Å². The number of halogens is 1. The first kappa shape index (κ1) is 24.8. The normalized spacial score (nSPS) is 15.1. The number of ether oxygens (including phenoxy) is 1. The Morgan fingerprint density at radius 1 is 1.03 bits per heavy atom. The van der Waals surface area contributed by atoms with Gasteiger partial charge < -0.3 is 10.1 Å². The zero-order chi connectivity index (χ0) is 25.7. The predicted octanol–water partition coefficient (Wildman–Crippen LogP) is 3.90. The number of hydrogen-bond acceptors (Lipinski definition) is 5. The molecule has 3 amide bonds. The van der Waals surface area contributed by atoms with Crippen LogP contribution in [0.2, 0.25) is 0 Å². The highest BCUT2D eigenvalue weighted by Gasteiger charge is 2.45. The molecule has 36 heavy (non-hydrogen) atoms. The van der Waals surface area contributed by atoms with E-state index in [4.69, 9.17) is 17.0 Å². The summed E-state index contributed by atoms with van der Waals surface area (Å²) in [5, 5.41) is 3.91. The number of hydrogen-bond donors (Lipinski definition) is 2. The number of nitrogens with one attached hydrogen (secondary N) is 2. The minimum Gasteiger partial charge on any atom is -0.494 e. The lowest BCUT2D eigenvalue weighted by atomic mass is 10.1. The number of amides is 3. The van der Waals surface area contributed by atoms with Gasteiger partial charge in [0.1, 0.15) is 17.6 Å². The van der Waals surface area contributed by atoms with E-state index in [2.05, 4.69) is 10.7 Å². The van der Waals surface area contributed by atoms with E-state index in [0.29, 0.717) is 29.3 Å². The SMILES string of the molecule is CCOc1cccc(NC(=O)C[C@H]2C(=O)N(c3ccc(F)cc3)C(=S)N2NC(=O)c2ccccc2)c1. The summed E-state index contributed by atoms with van der Waals surface area (Å²) in [6.45, 7) is 2.33. The number of anilines is 2. The number of benzene rings is 3. The maximum Gasteiger partial charge on any atom is 0.269 e.